The van der Waals surface area contributed by atoms with Crippen LogP contribution < -0.4 is 9.47 Å². The zero-order valence-corrected chi connectivity index (χ0v) is 13.9. The van der Waals surface area contributed by atoms with Crippen molar-refractivity contribution in [1.29, 1.82) is 0 Å². The molecule has 3 nitrogen and oxygen atoms in total. The van der Waals surface area contributed by atoms with E-state index in [0.717, 1.165) is 26.0 Å². The molecule has 5 heteroatoms. The van der Waals surface area contributed by atoms with Gasteiger partial charge in [-0.15, -0.1) is 0 Å². The molecule has 0 aliphatic heterocycles. The highest BCUT2D eigenvalue weighted by molar-refractivity contribution is 9.10. The van der Waals surface area contributed by atoms with E-state index in [4.69, 9.17) is 14.6 Å². The van der Waals surface area contributed by atoms with Crippen LogP contribution in [-0.2, 0) is 6.61 Å². The molecule has 0 aliphatic rings. The lowest BCUT2D eigenvalue weighted by atomic mass is 10.2. The van der Waals surface area contributed by atoms with Crippen molar-refractivity contribution in [3.8, 4) is 11.5 Å². The molecule has 0 aromatic heterocycles. The van der Waals surface area contributed by atoms with E-state index in [1.807, 2.05) is 42.5 Å². The van der Waals surface area contributed by atoms with Crippen LogP contribution in [0.3, 0.4) is 0 Å². The van der Waals surface area contributed by atoms with Crippen LogP contribution >= 0.6 is 31.9 Å². The summed E-state index contributed by atoms with van der Waals surface area (Å²) in [5.41, 5.74) is 0.842. The molecule has 0 bridgehead atoms. The van der Waals surface area contributed by atoms with Crippen molar-refractivity contribution in [2.75, 3.05) is 13.2 Å². The van der Waals surface area contributed by atoms with Crippen LogP contribution in [0.15, 0.2) is 51.4 Å². The summed E-state index contributed by atoms with van der Waals surface area (Å²) in [5, 5.41) is 9.03. The van der Waals surface area contributed by atoms with Gasteiger partial charge in [0.15, 0.2) is 0 Å². The molecule has 0 saturated heterocycles. The van der Waals surface area contributed by atoms with Crippen molar-refractivity contribution < 1.29 is 14.6 Å². The monoisotopic (exact) mass is 400 g/mol. The number of aliphatic hydroxyl groups is 1. The summed E-state index contributed by atoms with van der Waals surface area (Å²) in [5.74, 6) is 1.54. The fraction of sp³-hybridized carbons (Fsp3) is 0.200. The molecule has 0 spiro atoms. The Hall–Kier alpha value is -1.04. The Labute approximate surface area is 134 Å². The average molecular weight is 402 g/mol. The molecule has 0 saturated carbocycles. The van der Waals surface area contributed by atoms with E-state index in [1.165, 1.54) is 0 Å². The van der Waals surface area contributed by atoms with Crippen LogP contribution in [0.1, 0.15) is 5.56 Å². The third-order valence-electron chi connectivity index (χ3n) is 2.58. The van der Waals surface area contributed by atoms with Gasteiger partial charge in [-0.2, -0.15) is 0 Å². The minimum absolute atomic E-state index is 0.0187. The van der Waals surface area contributed by atoms with Crippen molar-refractivity contribution in [3.05, 3.63) is 57.0 Å². The van der Waals surface area contributed by atoms with Gasteiger partial charge in [-0.05, 0) is 51.8 Å². The zero-order valence-electron chi connectivity index (χ0n) is 10.7. The number of hydrogen-bond acceptors (Lipinski definition) is 3. The largest absolute Gasteiger partial charge is 0.490 e. The van der Waals surface area contributed by atoms with E-state index in [2.05, 4.69) is 31.9 Å². The lowest BCUT2D eigenvalue weighted by molar-refractivity contribution is 0.216. The Morgan fingerprint density at radius 2 is 1.75 bits per heavy atom. The first-order chi connectivity index (χ1) is 9.69. The Morgan fingerprint density at radius 1 is 0.950 bits per heavy atom. The summed E-state index contributed by atoms with van der Waals surface area (Å²) in [7, 11) is 0. The standard InChI is InChI=1S/C15H14Br2O3/c16-12-2-1-3-13(9-12)19-6-7-20-15-5-4-11(10-18)8-14(15)17/h1-5,8-9,18H,6-7,10H2. The molecular weight excluding hydrogens is 388 g/mol. The van der Waals surface area contributed by atoms with Crippen LogP contribution in [0, 0.1) is 0 Å². The molecule has 2 rings (SSSR count). The number of aliphatic hydroxyl groups excluding tert-OH is 1. The molecule has 20 heavy (non-hydrogen) atoms. The third kappa shape index (κ3) is 4.51. The fourth-order valence-electron chi connectivity index (χ4n) is 1.63. The van der Waals surface area contributed by atoms with Crippen molar-refractivity contribution in [2.45, 2.75) is 6.61 Å². The molecule has 0 amide bonds. The van der Waals surface area contributed by atoms with E-state index in [9.17, 15) is 0 Å². The van der Waals surface area contributed by atoms with E-state index < -0.39 is 0 Å². The van der Waals surface area contributed by atoms with Gasteiger partial charge in [0.1, 0.15) is 24.7 Å². The number of hydrogen-bond donors (Lipinski definition) is 1. The summed E-state index contributed by atoms with van der Waals surface area (Å²) < 4.78 is 13.0. The van der Waals surface area contributed by atoms with E-state index in [-0.39, 0.29) is 6.61 Å². The Bertz CT molecular complexity index is 573. The predicted molar refractivity (Wildman–Crippen MR) is 85.2 cm³/mol. The molecule has 0 unspecified atom stereocenters. The summed E-state index contributed by atoms with van der Waals surface area (Å²) in [6, 6.07) is 13.2. The normalized spacial score (nSPS) is 10.3. The van der Waals surface area contributed by atoms with Crippen LogP contribution in [-0.4, -0.2) is 18.3 Å². The summed E-state index contributed by atoms with van der Waals surface area (Å²) in [4.78, 5) is 0. The van der Waals surface area contributed by atoms with Gasteiger partial charge in [0.05, 0.1) is 11.1 Å². The second kappa shape index (κ2) is 7.67. The first-order valence-corrected chi connectivity index (χ1v) is 7.68. The van der Waals surface area contributed by atoms with Gasteiger partial charge in [-0.3, -0.25) is 0 Å². The molecule has 106 valence electrons. The summed E-state index contributed by atoms with van der Waals surface area (Å²) in [6.07, 6.45) is 0. The summed E-state index contributed by atoms with van der Waals surface area (Å²) >= 11 is 6.80. The third-order valence-corrected chi connectivity index (χ3v) is 3.70. The molecular formula is C15H14Br2O3. The molecule has 2 aromatic carbocycles. The fourth-order valence-corrected chi connectivity index (χ4v) is 2.55. The second-order valence-corrected chi connectivity index (χ2v) is 5.85. The lowest BCUT2D eigenvalue weighted by Gasteiger charge is -2.10. The average Bonchev–Trinajstić information content (AvgIpc) is 2.45. The number of benzene rings is 2. The molecule has 1 N–H and O–H groups in total. The lowest BCUT2D eigenvalue weighted by Crippen LogP contribution is -2.09. The molecule has 0 fully saturated rings. The van der Waals surface area contributed by atoms with E-state index in [0.29, 0.717) is 13.2 Å². The Morgan fingerprint density at radius 3 is 2.45 bits per heavy atom. The van der Waals surface area contributed by atoms with Gasteiger partial charge >= 0.3 is 0 Å². The van der Waals surface area contributed by atoms with Gasteiger partial charge in [-0.1, -0.05) is 28.1 Å². The van der Waals surface area contributed by atoms with Crippen molar-refractivity contribution >= 4 is 31.9 Å². The molecule has 2 aromatic rings. The zero-order chi connectivity index (χ0) is 14.4. The maximum atomic E-state index is 9.03. The molecule has 0 atom stereocenters. The maximum absolute atomic E-state index is 9.03. The van der Waals surface area contributed by atoms with Gasteiger partial charge < -0.3 is 14.6 Å². The van der Waals surface area contributed by atoms with Gasteiger partial charge in [0, 0.05) is 4.47 Å². The molecule has 0 radical (unpaired) electrons. The van der Waals surface area contributed by atoms with E-state index in [1.54, 1.807) is 0 Å². The molecule has 0 aliphatic carbocycles. The number of halogens is 2. The van der Waals surface area contributed by atoms with Gasteiger partial charge in [0.2, 0.25) is 0 Å². The minimum Gasteiger partial charge on any atom is -0.490 e. The van der Waals surface area contributed by atoms with Crippen LogP contribution in [0.4, 0.5) is 0 Å². The molecule has 0 heterocycles. The highest BCUT2D eigenvalue weighted by Crippen LogP contribution is 2.26. The number of ether oxygens (including phenoxy) is 2. The second-order valence-electron chi connectivity index (χ2n) is 4.08. The SMILES string of the molecule is OCc1ccc(OCCOc2cccc(Br)c2)c(Br)c1. The van der Waals surface area contributed by atoms with Gasteiger partial charge in [-0.25, -0.2) is 0 Å². The first kappa shape index (κ1) is 15.4. The maximum Gasteiger partial charge on any atom is 0.133 e. The van der Waals surface area contributed by atoms with Crippen molar-refractivity contribution in [3.63, 3.8) is 0 Å². The van der Waals surface area contributed by atoms with Gasteiger partial charge in [0.25, 0.3) is 0 Å². The number of rotatable bonds is 6. The quantitative estimate of drug-likeness (QED) is 0.738. The predicted octanol–water partition coefficient (Wildman–Crippen LogP) is 4.16. The van der Waals surface area contributed by atoms with Crippen molar-refractivity contribution in [2.24, 2.45) is 0 Å². The van der Waals surface area contributed by atoms with Crippen LogP contribution in [0.5, 0.6) is 11.5 Å². The highest BCUT2D eigenvalue weighted by atomic mass is 79.9. The Balaban J connectivity index is 1.81. The van der Waals surface area contributed by atoms with Crippen molar-refractivity contribution in [1.82, 2.24) is 0 Å². The van der Waals surface area contributed by atoms with Crippen LogP contribution in [0.25, 0.3) is 0 Å². The Kier molecular flexibility index (Phi) is 5.88. The smallest absolute Gasteiger partial charge is 0.133 e. The minimum atomic E-state index is 0.0187. The van der Waals surface area contributed by atoms with Crippen LogP contribution in [0.2, 0.25) is 0 Å². The topological polar surface area (TPSA) is 38.7 Å². The first-order valence-electron chi connectivity index (χ1n) is 6.09. The van der Waals surface area contributed by atoms with E-state index >= 15 is 0 Å². The highest BCUT2D eigenvalue weighted by Gasteiger charge is 2.02. The summed E-state index contributed by atoms with van der Waals surface area (Å²) in [6.45, 7) is 0.930.